The van der Waals surface area contributed by atoms with Gasteiger partial charge in [0.15, 0.2) is 0 Å². The first-order chi connectivity index (χ1) is 9.74. The van der Waals surface area contributed by atoms with Gasteiger partial charge >= 0.3 is 0 Å². The Labute approximate surface area is 123 Å². The molecule has 106 valence electrons. The van der Waals surface area contributed by atoms with Crippen LogP contribution in [0.15, 0.2) is 48.5 Å². The maximum atomic E-state index is 2.27. The van der Waals surface area contributed by atoms with Crippen molar-refractivity contribution in [2.45, 2.75) is 52.4 Å². The summed E-state index contributed by atoms with van der Waals surface area (Å²) in [5.74, 6) is 0. The summed E-state index contributed by atoms with van der Waals surface area (Å²) in [5, 5.41) is 0. The molecule has 0 spiro atoms. The molecule has 0 nitrogen and oxygen atoms in total. The monoisotopic (exact) mass is 266 g/mol. The first kappa shape index (κ1) is 14.8. The fraction of sp³-hybridized carbons (Fsp3) is 0.400. The van der Waals surface area contributed by atoms with Crippen LogP contribution in [0, 0.1) is 13.8 Å². The van der Waals surface area contributed by atoms with Gasteiger partial charge < -0.3 is 0 Å². The normalized spacial score (nSPS) is 10.7. The molecule has 0 radical (unpaired) electrons. The number of aryl methyl sites for hydroxylation is 4. The van der Waals surface area contributed by atoms with Crippen LogP contribution >= 0.6 is 0 Å². The van der Waals surface area contributed by atoms with Crippen molar-refractivity contribution in [1.82, 2.24) is 0 Å². The molecule has 0 saturated carbocycles. The molecular weight excluding hydrogens is 240 g/mol. The summed E-state index contributed by atoms with van der Waals surface area (Å²) >= 11 is 0. The molecule has 0 fully saturated rings. The Morgan fingerprint density at radius 1 is 0.500 bits per heavy atom. The van der Waals surface area contributed by atoms with E-state index in [9.17, 15) is 0 Å². The van der Waals surface area contributed by atoms with Gasteiger partial charge in [0.05, 0.1) is 0 Å². The summed E-state index contributed by atoms with van der Waals surface area (Å²) in [6.45, 7) is 4.30. The van der Waals surface area contributed by atoms with E-state index in [0.29, 0.717) is 0 Å². The minimum Gasteiger partial charge on any atom is -0.0591 e. The van der Waals surface area contributed by atoms with Crippen LogP contribution < -0.4 is 0 Å². The Bertz CT molecular complexity index is 441. The van der Waals surface area contributed by atoms with Crippen molar-refractivity contribution in [2.75, 3.05) is 0 Å². The Hall–Kier alpha value is -1.56. The van der Waals surface area contributed by atoms with Crippen LogP contribution in [-0.4, -0.2) is 0 Å². The van der Waals surface area contributed by atoms with Crippen molar-refractivity contribution in [3.8, 4) is 0 Å². The molecule has 0 aromatic heterocycles. The van der Waals surface area contributed by atoms with E-state index in [1.54, 1.807) is 0 Å². The molecule has 2 rings (SSSR count). The fourth-order valence-corrected chi connectivity index (χ4v) is 2.52. The molecular formula is C20H26. The molecule has 0 unspecified atom stereocenters. The van der Waals surface area contributed by atoms with E-state index < -0.39 is 0 Å². The first-order valence-electron chi connectivity index (χ1n) is 7.85. The van der Waals surface area contributed by atoms with E-state index in [2.05, 4.69) is 62.4 Å². The van der Waals surface area contributed by atoms with Crippen LogP contribution in [0.5, 0.6) is 0 Å². The molecule has 0 heteroatoms. The van der Waals surface area contributed by atoms with E-state index in [0.717, 1.165) is 0 Å². The zero-order valence-electron chi connectivity index (χ0n) is 12.9. The number of benzene rings is 2. The molecule has 0 saturated heterocycles. The molecule has 0 aliphatic rings. The Morgan fingerprint density at radius 3 is 1.20 bits per heavy atom. The second-order valence-corrected chi connectivity index (χ2v) is 5.89. The molecule has 0 atom stereocenters. The maximum absolute atomic E-state index is 2.27. The molecule has 0 bridgehead atoms. The largest absolute Gasteiger partial charge is 0.0591 e. The van der Waals surface area contributed by atoms with Crippen molar-refractivity contribution in [1.29, 1.82) is 0 Å². The smallest absolute Gasteiger partial charge is 0.0279 e. The molecule has 2 aromatic rings. The second kappa shape index (κ2) is 7.89. The number of unbranched alkanes of at least 4 members (excludes halogenated alkanes) is 3. The van der Waals surface area contributed by atoms with Crippen LogP contribution in [0.1, 0.15) is 47.9 Å². The van der Waals surface area contributed by atoms with E-state index in [1.807, 2.05) is 0 Å². The molecule has 20 heavy (non-hydrogen) atoms. The van der Waals surface area contributed by atoms with Gasteiger partial charge in [-0.25, -0.2) is 0 Å². The summed E-state index contributed by atoms with van der Waals surface area (Å²) in [6, 6.07) is 17.9. The molecule has 0 N–H and O–H groups in total. The molecule has 0 aliphatic heterocycles. The second-order valence-electron chi connectivity index (χ2n) is 5.89. The lowest BCUT2D eigenvalue weighted by Crippen LogP contribution is -1.89. The van der Waals surface area contributed by atoms with Crippen molar-refractivity contribution in [2.24, 2.45) is 0 Å². The molecule has 2 aromatic carbocycles. The predicted molar refractivity (Wildman–Crippen MR) is 88.2 cm³/mol. The third-order valence-electron chi connectivity index (χ3n) is 3.92. The quantitative estimate of drug-likeness (QED) is 0.568. The van der Waals surface area contributed by atoms with Crippen LogP contribution in [0.2, 0.25) is 0 Å². The molecule has 0 heterocycles. The summed E-state index contributed by atoms with van der Waals surface area (Å²) in [7, 11) is 0. The summed E-state index contributed by atoms with van der Waals surface area (Å²) in [4.78, 5) is 0. The van der Waals surface area contributed by atoms with E-state index in [1.165, 1.54) is 60.8 Å². The van der Waals surface area contributed by atoms with Crippen molar-refractivity contribution >= 4 is 0 Å². The number of rotatable bonds is 7. The first-order valence-corrected chi connectivity index (χ1v) is 7.85. The van der Waals surface area contributed by atoms with Gasteiger partial charge in [-0.1, -0.05) is 72.5 Å². The lowest BCUT2D eigenvalue weighted by molar-refractivity contribution is 0.640. The number of hydrogen-bond donors (Lipinski definition) is 0. The average molecular weight is 266 g/mol. The minimum absolute atomic E-state index is 1.23. The standard InChI is InChI=1S/C20H26/c1-17-9-13-19(14-10-17)7-5-3-4-6-8-20-15-11-18(2)12-16-20/h9-16H,3-8H2,1-2H3. The zero-order valence-corrected chi connectivity index (χ0v) is 12.9. The van der Waals surface area contributed by atoms with E-state index >= 15 is 0 Å². The highest BCUT2D eigenvalue weighted by molar-refractivity contribution is 5.22. The van der Waals surface area contributed by atoms with Crippen molar-refractivity contribution in [3.05, 3.63) is 70.8 Å². The van der Waals surface area contributed by atoms with Gasteiger partial charge in [0, 0.05) is 0 Å². The molecule has 0 amide bonds. The van der Waals surface area contributed by atoms with Crippen LogP contribution in [0.3, 0.4) is 0 Å². The van der Waals surface area contributed by atoms with Gasteiger partial charge in [-0.2, -0.15) is 0 Å². The van der Waals surface area contributed by atoms with Crippen LogP contribution in [-0.2, 0) is 12.8 Å². The summed E-state index contributed by atoms with van der Waals surface area (Å²) in [5.41, 5.74) is 5.67. The van der Waals surface area contributed by atoms with E-state index in [4.69, 9.17) is 0 Å². The van der Waals surface area contributed by atoms with Gasteiger partial charge in [0.2, 0.25) is 0 Å². The van der Waals surface area contributed by atoms with Gasteiger partial charge in [-0.15, -0.1) is 0 Å². The highest BCUT2D eigenvalue weighted by Crippen LogP contribution is 2.12. The highest BCUT2D eigenvalue weighted by Gasteiger charge is 1.96. The Morgan fingerprint density at radius 2 is 0.850 bits per heavy atom. The topological polar surface area (TPSA) is 0 Å². The van der Waals surface area contributed by atoms with Gasteiger partial charge in [-0.3, -0.25) is 0 Å². The summed E-state index contributed by atoms with van der Waals surface area (Å²) in [6.07, 6.45) is 7.78. The van der Waals surface area contributed by atoms with Gasteiger partial charge in [0.1, 0.15) is 0 Å². The fourth-order valence-electron chi connectivity index (χ4n) is 2.52. The Kier molecular flexibility index (Phi) is 5.86. The predicted octanol–water partition coefficient (Wildman–Crippen LogP) is 5.65. The van der Waals surface area contributed by atoms with Crippen molar-refractivity contribution in [3.63, 3.8) is 0 Å². The summed E-state index contributed by atoms with van der Waals surface area (Å²) < 4.78 is 0. The van der Waals surface area contributed by atoms with Gasteiger partial charge in [-0.05, 0) is 50.7 Å². The number of hydrogen-bond acceptors (Lipinski definition) is 0. The highest BCUT2D eigenvalue weighted by atomic mass is 14.0. The third-order valence-corrected chi connectivity index (χ3v) is 3.92. The van der Waals surface area contributed by atoms with E-state index in [-0.39, 0.29) is 0 Å². The Balaban J connectivity index is 1.57. The van der Waals surface area contributed by atoms with Crippen molar-refractivity contribution < 1.29 is 0 Å². The lowest BCUT2D eigenvalue weighted by Gasteiger charge is -2.04. The van der Waals surface area contributed by atoms with Crippen LogP contribution in [0.25, 0.3) is 0 Å². The maximum Gasteiger partial charge on any atom is -0.0279 e. The minimum atomic E-state index is 1.23. The average Bonchev–Trinajstić information content (AvgIpc) is 2.46. The molecule has 0 aliphatic carbocycles. The van der Waals surface area contributed by atoms with Gasteiger partial charge in [0.25, 0.3) is 0 Å². The SMILES string of the molecule is Cc1ccc(CCCCCCc2ccc(C)cc2)cc1. The van der Waals surface area contributed by atoms with Crippen LogP contribution in [0.4, 0.5) is 0 Å². The lowest BCUT2D eigenvalue weighted by atomic mass is 10.0. The zero-order chi connectivity index (χ0) is 14.2. The third kappa shape index (κ3) is 5.21.